The molecule has 3 saturated heterocycles. The first-order chi connectivity index (χ1) is 10.2. The Hall–Kier alpha value is -1.10. The zero-order valence-corrected chi connectivity index (χ0v) is 13.2. The lowest BCUT2D eigenvalue weighted by atomic mass is 9.84. The number of carbonyl (C=O) groups is 1. The second-order valence-electron chi connectivity index (χ2n) is 5.98. The molecule has 1 N–H and O–H groups in total. The highest BCUT2D eigenvalue weighted by atomic mass is 35.5. The summed E-state index contributed by atoms with van der Waals surface area (Å²) in [7, 11) is 0. The Morgan fingerprint density at radius 1 is 1.33 bits per heavy atom. The van der Waals surface area contributed by atoms with Gasteiger partial charge in [0.1, 0.15) is 0 Å². The van der Waals surface area contributed by atoms with Gasteiger partial charge in [-0.2, -0.15) is 0 Å². The van der Waals surface area contributed by atoms with Crippen molar-refractivity contribution in [3.05, 3.63) is 34.2 Å². The summed E-state index contributed by atoms with van der Waals surface area (Å²) < 4.78 is 1.07. The van der Waals surface area contributed by atoms with Crippen LogP contribution in [-0.4, -0.2) is 36.5 Å². The van der Waals surface area contributed by atoms with E-state index in [4.69, 9.17) is 11.6 Å². The Labute approximate surface area is 132 Å². The topological polar surface area (TPSA) is 32.3 Å². The number of hydrogen-bond acceptors (Lipinski definition) is 3. The van der Waals surface area contributed by atoms with E-state index < -0.39 is 0 Å². The number of rotatable bonds is 2. The van der Waals surface area contributed by atoms with Crippen molar-refractivity contribution in [2.75, 3.05) is 19.6 Å². The van der Waals surface area contributed by atoms with Crippen LogP contribution < -0.4 is 5.32 Å². The molecular weight excluding hydrogens is 304 g/mol. The number of carbonyl (C=O) groups excluding carboxylic acids is 1. The van der Waals surface area contributed by atoms with Gasteiger partial charge in [-0.05, 0) is 50.0 Å². The lowest BCUT2D eigenvalue weighted by Crippen LogP contribution is -2.57. The van der Waals surface area contributed by atoms with Gasteiger partial charge < -0.3 is 10.2 Å². The van der Waals surface area contributed by atoms with Gasteiger partial charge >= 0.3 is 0 Å². The zero-order chi connectivity index (χ0) is 14.4. The minimum absolute atomic E-state index is 0.0472. The van der Waals surface area contributed by atoms with Crippen molar-refractivity contribution >= 4 is 38.9 Å². The molecule has 2 aromatic rings. The molecule has 1 aromatic heterocycles. The first kappa shape index (κ1) is 13.6. The summed E-state index contributed by atoms with van der Waals surface area (Å²) in [5.74, 6) is 0.697. The van der Waals surface area contributed by atoms with Crippen LogP contribution in [0.3, 0.4) is 0 Å². The van der Waals surface area contributed by atoms with Crippen molar-refractivity contribution < 1.29 is 4.79 Å². The molecular formula is C16H17ClN2OS. The second-order valence-corrected chi connectivity index (χ2v) is 7.47. The van der Waals surface area contributed by atoms with Gasteiger partial charge in [-0.25, -0.2) is 0 Å². The van der Waals surface area contributed by atoms with Crippen molar-refractivity contribution in [2.24, 2.45) is 5.92 Å². The molecule has 0 saturated carbocycles. The summed E-state index contributed by atoms with van der Waals surface area (Å²) in [6.45, 7) is 3.38. The number of nitrogens with zero attached hydrogens (tertiary/aromatic N) is 1. The zero-order valence-electron chi connectivity index (χ0n) is 11.6. The van der Waals surface area contributed by atoms with Crippen LogP contribution in [0.2, 0.25) is 5.02 Å². The van der Waals surface area contributed by atoms with Crippen molar-refractivity contribution in [2.45, 2.75) is 18.9 Å². The molecule has 3 fully saturated rings. The Morgan fingerprint density at radius 3 is 2.81 bits per heavy atom. The average molecular weight is 321 g/mol. The molecule has 3 aliphatic heterocycles. The van der Waals surface area contributed by atoms with E-state index in [2.05, 4.69) is 10.2 Å². The van der Waals surface area contributed by atoms with Gasteiger partial charge in [0.05, 0.1) is 4.88 Å². The third-order valence-corrected chi connectivity index (χ3v) is 6.13. The van der Waals surface area contributed by atoms with Gasteiger partial charge in [0.15, 0.2) is 0 Å². The third kappa shape index (κ3) is 2.45. The molecule has 4 heterocycles. The minimum atomic E-state index is 0.0472. The van der Waals surface area contributed by atoms with Gasteiger partial charge in [0.2, 0.25) is 0 Å². The van der Waals surface area contributed by atoms with Crippen LogP contribution in [0.4, 0.5) is 0 Å². The molecule has 3 nitrogen and oxygen atoms in total. The third-order valence-electron chi connectivity index (χ3n) is 4.70. The molecule has 21 heavy (non-hydrogen) atoms. The van der Waals surface area contributed by atoms with Gasteiger partial charge in [-0.3, -0.25) is 4.79 Å². The smallest absolute Gasteiger partial charge is 0.261 e. The van der Waals surface area contributed by atoms with Crippen LogP contribution in [-0.2, 0) is 0 Å². The molecule has 5 rings (SSSR count). The second kappa shape index (κ2) is 5.27. The Bertz CT molecular complexity index is 691. The van der Waals surface area contributed by atoms with Crippen molar-refractivity contribution in [1.29, 1.82) is 0 Å². The molecule has 1 atom stereocenters. The maximum atomic E-state index is 12.5. The summed E-state index contributed by atoms with van der Waals surface area (Å²) in [4.78, 5) is 15.7. The monoisotopic (exact) mass is 320 g/mol. The van der Waals surface area contributed by atoms with E-state index in [-0.39, 0.29) is 5.91 Å². The Morgan fingerprint density at radius 2 is 2.14 bits per heavy atom. The van der Waals surface area contributed by atoms with Crippen LogP contribution in [0.15, 0.2) is 24.3 Å². The predicted octanol–water partition coefficient (Wildman–Crippen LogP) is 3.38. The maximum absolute atomic E-state index is 12.5. The predicted molar refractivity (Wildman–Crippen MR) is 87.3 cm³/mol. The Balaban J connectivity index is 1.55. The SMILES string of the molecule is O=C(N[C@H]1CN2CCC1CC2)c1cc2c(Cl)cccc2s1. The summed E-state index contributed by atoms with van der Waals surface area (Å²) >= 11 is 7.70. The van der Waals surface area contributed by atoms with Gasteiger partial charge in [0, 0.05) is 27.7 Å². The lowest BCUT2D eigenvalue weighted by Gasteiger charge is -2.44. The molecule has 0 unspecified atom stereocenters. The van der Waals surface area contributed by atoms with E-state index in [0.29, 0.717) is 17.0 Å². The van der Waals surface area contributed by atoms with Crippen LogP contribution in [0.1, 0.15) is 22.5 Å². The van der Waals surface area contributed by atoms with Crippen molar-refractivity contribution in [3.8, 4) is 0 Å². The van der Waals surface area contributed by atoms with Crippen LogP contribution in [0.25, 0.3) is 10.1 Å². The number of fused-ring (bicyclic) bond motifs is 4. The fourth-order valence-corrected chi connectivity index (χ4v) is 4.78. The largest absolute Gasteiger partial charge is 0.347 e. The number of benzene rings is 1. The molecule has 110 valence electrons. The first-order valence-corrected chi connectivity index (χ1v) is 8.61. The van der Waals surface area contributed by atoms with Gasteiger partial charge in [-0.15, -0.1) is 11.3 Å². The fourth-order valence-electron chi connectivity index (χ4n) is 3.51. The molecule has 0 radical (unpaired) electrons. The lowest BCUT2D eigenvalue weighted by molar-refractivity contribution is 0.0622. The van der Waals surface area contributed by atoms with Gasteiger partial charge in [0.25, 0.3) is 5.91 Å². The van der Waals surface area contributed by atoms with Crippen LogP contribution >= 0.6 is 22.9 Å². The quantitative estimate of drug-likeness (QED) is 0.920. The molecule has 5 heteroatoms. The minimum Gasteiger partial charge on any atom is -0.347 e. The highest BCUT2D eigenvalue weighted by Crippen LogP contribution is 2.32. The molecule has 0 spiro atoms. The summed E-state index contributed by atoms with van der Waals surface area (Å²) in [6.07, 6.45) is 2.42. The summed E-state index contributed by atoms with van der Waals surface area (Å²) in [5, 5.41) is 4.92. The van der Waals surface area contributed by atoms with E-state index >= 15 is 0 Å². The van der Waals surface area contributed by atoms with Crippen molar-refractivity contribution in [1.82, 2.24) is 10.2 Å². The summed E-state index contributed by atoms with van der Waals surface area (Å²) in [5.41, 5.74) is 0. The van der Waals surface area contributed by atoms with Gasteiger partial charge in [-0.1, -0.05) is 17.7 Å². The molecule has 0 aliphatic carbocycles. The molecule has 3 aliphatic rings. The molecule has 1 amide bonds. The highest BCUT2D eigenvalue weighted by molar-refractivity contribution is 7.20. The number of halogens is 1. The first-order valence-electron chi connectivity index (χ1n) is 7.42. The maximum Gasteiger partial charge on any atom is 0.261 e. The average Bonchev–Trinajstić information content (AvgIpc) is 2.94. The standard InChI is InChI=1S/C16H17ClN2OS/c17-12-2-1-3-14-11(12)8-15(21-14)16(20)18-13-9-19-6-4-10(13)5-7-19/h1-3,8,10,13H,4-7,9H2,(H,18,20)/t13-/m0/s1. The van der Waals surface area contributed by atoms with Crippen molar-refractivity contribution in [3.63, 3.8) is 0 Å². The van der Waals surface area contributed by atoms with E-state index in [1.165, 1.54) is 37.3 Å². The van der Waals surface area contributed by atoms with E-state index in [0.717, 1.165) is 21.5 Å². The molecule has 2 bridgehead atoms. The molecule has 1 aromatic carbocycles. The van der Waals surface area contributed by atoms with E-state index in [1.54, 1.807) is 0 Å². The number of piperidine rings is 3. The normalized spacial score (nSPS) is 28.0. The van der Waals surface area contributed by atoms with E-state index in [9.17, 15) is 4.79 Å². The number of hydrogen-bond donors (Lipinski definition) is 1. The Kier molecular flexibility index (Phi) is 3.40. The summed E-state index contributed by atoms with van der Waals surface area (Å²) in [6, 6.07) is 8.03. The fraction of sp³-hybridized carbons (Fsp3) is 0.438. The highest BCUT2D eigenvalue weighted by Gasteiger charge is 2.35. The number of amides is 1. The van der Waals surface area contributed by atoms with E-state index in [1.807, 2.05) is 24.3 Å². The number of thiophene rings is 1. The van der Waals surface area contributed by atoms with Crippen LogP contribution in [0, 0.1) is 5.92 Å². The number of nitrogens with one attached hydrogen (secondary N) is 1. The van der Waals surface area contributed by atoms with Crippen LogP contribution in [0.5, 0.6) is 0 Å².